The molecule has 0 saturated heterocycles. The van der Waals surface area contributed by atoms with Gasteiger partial charge in [-0.1, -0.05) is 0 Å². The van der Waals surface area contributed by atoms with Gasteiger partial charge in [0.05, 0.1) is 0 Å². The molecule has 0 aromatic carbocycles. The van der Waals surface area contributed by atoms with Crippen LogP contribution in [0.15, 0.2) is 0 Å². The fraction of sp³-hybridized carbons (Fsp3) is 0. The van der Waals surface area contributed by atoms with Crippen LogP contribution in [0.1, 0.15) is 0 Å². The van der Waals surface area contributed by atoms with Crippen LogP contribution < -0.4 is 0 Å². The van der Waals surface area contributed by atoms with Gasteiger partial charge in [-0.15, -0.1) is 0 Å². The molecule has 0 amide bonds. The van der Waals surface area contributed by atoms with Crippen molar-refractivity contribution in [3.05, 3.63) is 0 Å². The van der Waals surface area contributed by atoms with Crippen LogP contribution in [0.25, 0.3) is 0 Å². The first-order valence-electron chi connectivity index (χ1n) is 0. The van der Waals surface area contributed by atoms with Crippen molar-refractivity contribution in [2.75, 3.05) is 0 Å². The molecular weight excluding hydrogens is 136 g/mol. The fourth-order valence-corrected chi connectivity index (χ4v) is 0. The van der Waals surface area contributed by atoms with Crippen molar-refractivity contribution in [3.63, 3.8) is 0 Å². The second-order valence-corrected chi connectivity index (χ2v) is 0. The summed E-state index contributed by atoms with van der Waals surface area (Å²) in [5.74, 6) is 0. The molecule has 0 aliphatic carbocycles. The van der Waals surface area contributed by atoms with Gasteiger partial charge in [0.2, 0.25) is 0 Å². The first-order chi connectivity index (χ1) is 0. The zero-order valence-corrected chi connectivity index (χ0v) is 3.96. The van der Waals surface area contributed by atoms with Crippen molar-refractivity contribution in [1.82, 2.24) is 0 Å². The maximum absolute atomic E-state index is 0. The molecule has 0 aliphatic rings. The molecule has 0 unspecified atom stereocenters. The van der Waals surface area contributed by atoms with E-state index >= 15 is 0 Å². The van der Waals surface area contributed by atoms with Crippen molar-refractivity contribution in [3.8, 4) is 0 Å². The van der Waals surface area contributed by atoms with Crippen molar-refractivity contribution < 1.29 is 44.4 Å². The van der Waals surface area contributed by atoms with E-state index in [1.807, 2.05) is 0 Å². The molecule has 0 saturated carbocycles. The smallest absolute Gasteiger partial charge is 0.412 e. The second kappa shape index (κ2) is 972. The molecule has 0 rings (SSSR count). The van der Waals surface area contributed by atoms with E-state index < -0.39 is 0 Å². The third kappa shape index (κ3) is 466. The minimum absolute atomic E-state index is 0. The van der Waals surface area contributed by atoms with Crippen LogP contribution in [0.5, 0.6) is 0 Å². The largest absolute Gasteiger partial charge is 2.00 e. The first-order valence-corrected chi connectivity index (χ1v) is 0. The second-order valence-electron chi connectivity index (χ2n) is 0. The summed E-state index contributed by atoms with van der Waals surface area (Å²) in [6, 6.07) is 0. The van der Waals surface area contributed by atoms with Crippen LogP contribution in [-0.2, 0) is 17.1 Å². The third-order valence-corrected chi connectivity index (χ3v) is 0. The van der Waals surface area contributed by atoms with Gasteiger partial charge in [-0.2, -0.15) is 0 Å². The Labute approximate surface area is 45.4 Å². The van der Waals surface area contributed by atoms with E-state index in [1.165, 1.54) is 0 Å². The summed E-state index contributed by atoms with van der Waals surface area (Å²) in [6.07, 6.45) is 0. The molecule has 0 heterocycles. The minimum Gasteiger partial charge on any atom is -0.412 e. The van der Waals surface area contributed by atoms with Crippen LogP contribution >= 0.6 is 0 Å². The Morgan fingerprint density at radius 1 is 0.333 bits per heavy atom. The van der Waals surface area contributed by atoms with Crippen LogP contribution in [-0.4, -0.2) is 27.4 Å². The van der Waals surface area contributed by atoms with Crippen molar-refractivity contribution in [2.24, 2.45) is 0 Å². The average Bonchev–Trinajstić information content (AvgIpc) is 0. The van der Waals surface area contributed by atoms with Gasteiger partial charge in [0, 0.05) is 0 Å². The van der Waals surface area contributed by atoms with Crippen LogP contribution in [0, 0.1) is 0 Å². The molecule has 6 heteroatoms. The fourth-order valence-electron chi connectivity index (χ4n) is 0. The molecule has 0 fully saturated rings. The Morgan fingerprint density at radius 3 is 0.333 bits per heavy atom. The van der Waals surface area contributed by atoms with Crippen molar-refractivity contribution >= 4 is 0 Å². The summed E-state index contributed by atoms with van der Waals surface area (Å²) in [6.45, 7) is 0. The van der Waals surface area contributed by atoms with E-state index in [9.17, 15) is 0 Å². The van der Waals surface area contributed by atoms with E-state index in [1.54, 1.807) is 0 Å². The van der Waals surface area contributed by atoms with Gasteiger partial charge < -0.3 is 27.4 Å². The van der Waals surface area contributed by atoms with Crippen LogP contribution in [0.3, 0.4) is 0 Å². The molecule has 5 nitrogen and oxygen atoms in total. The SMILES string of the molecule is O.O.O.O.O.[Fe+2]. The molecule has 46 valence electrons. The van der Waals surface area contributed by atoms with Gasteiger partial charge in [-0.25, -0.2) is 0 Å². The van der Waals surface area contributed by atoms with Gasteiger partial charge in [-0.05, 0) is 0 Å². The van der Waals surface area contributed by atoms with E-state index in [2.05, 4.69) is 0 Å². The Hall–Kier alpha value is 0.319. The predicted molar refractivity (Wildman–Crippen MR) is 18.1 cm³/mol. The van der Waals surface area contributed by atoms with Gasteiger partial charge >= 0.3 is 17.1 Å². The maximum Gasteiger partial charge on any atom is 2.00 e. The zero-order valence-electron chi connectivity index (χ0n) is 2.85. The summed E-state index contributed by atoms with van der Waals surface area (Å²) in [4.78, 5) is 0. The number of hydrogen-bond acceptors (Lipinski definition) is 0. The standard InChI is InChI=1S/Fe.5H2O/h;5*1H2/q+2;;;;;. The van der Waals surface area contributed by atoms with E-state index in [0.29, 0.717) is 0 Å². The molecule has 0 spiro atoms. The molecule has 0 aromatic rings. The van der Waals surface area contributed by atoms with Crippen LogP contribution in [0.2, 0.25) is 0 Å². The normalized spacial score (nSPS) is 0. The van der Waals surface area contributed by atoms with Gasteiger partial charge in [0.1, 0.15) is 0 Å². The first kappa shape index (κ1) is 1750. The summed E-state index contributed by atoms with van der Waals surface area (Å²) in [7, 11) is 0. The summed E-state index contributed by atoms with van der Waals surface area (Å²) >= 11 is 0. The van der Waals surface area contributed by atoms with E-state index in [4.69, 9.17) is 0 Å². The van der Waals surface area contributed by atoms with E-state index in [-0.39, 0.29) is 44.4 Å². The Kier molecular flexibility index (Phi) is 284000. The number of hydrogen-bond donors (Lipinski definition) is 0. The van der Waals surface area contributed by atoms with Gasteiger partial charge in [-0.3, -0.25) is 0 Å². The monoisotopic (exact) mass is 146 g/mol. The molecule has 0 aromatic heterocycles. The number of rotatable bonds is 0. The van der Waals surface area contributed by atoms with E-state index in [0.717, 1.165) is 0 Å². The molecular formula is H10FeO5+2. The van der Waals surface area contributed by atoms with Crippen LogP contribution in [0.4, 0.5) is 0 Å². The zero-order chi connectivity index (χ0) is 0. The predicted octanol–water partition coefficient (Wildman–Crippen LogP) is -4.13. The molecule has 0 radical (unpaired) electrons. The average molecular weight is 146 g/mol. The molecule has 0 bridgehead atoms. The topological polar surface area (TPSA) is 158 Å². The summed E-state index contributed by atoms with van der Waals surface area (Å²) in [5, 5.41) is 0. The molecule has 10 N–H and O–H groups in total. The Morgan fingerprint density at radius 2 is 0.333 bits per heavy atom. The summed E-state index contributed by atoms with van der Waals surface area (Å²) < 4.78 is 0. The van der Waals surface area contributed by atoms with Crippen molar-refractivity contribution in [2.45, 2.75) is 0 Å². The summed E-state index contributed by atoms with van der Waals surface area (Å²) in [5.41, 5.74) is 0. The Balaban J connectivity index is 0. The Bertz CT molecular complexity index is 3.90. The van der Waals surface area contributed by atoms with Gasteiger partial charge in [0.15, 0.2) is 0 Å². The molecule has 6 heavy (non-hydrogen) atoms. The molecule has 0 atom stereocenters. The third-order valence-electron chi connectivity index (χ3n) is 0. The van der Waals surface area contributed by atoms with Crippen molar-refractivity contribution in [1.29, 1.82) is 0 Å². The minimum atomic E-state index is 0. The quantitative estimate of drug-likeness (QED) is 0.304. The molecule has 0 aliphatic heterocycles. The maximum atomic E-state index is 0. The van der Waals surface area contributed by atoms with Gasteiger partial charge in [0.25, 0.3) is 0 Å².